The molecule has 0 radical (unpaired) electrons. The number of aliphatic imine (C=N–C) groups is 1. The third-order valence-corrected chi connectivity index (χ3v) is 3.42. The summed E-state index contributed by atoms with van der Waals surface area (Å²) in [4.78, 5) is 6.53. The molecule has 0 spiro atoms. The Labute approximate surface area is 149 Å². The molecule has 124 valence electrons. The topological polar surface area (TPSA) is 60.1 Å². The van der Waals surface area contributed by atoms with Crippen LogP contribution in [0.5, 0.6) is 5.75 Å². The van der Waals surface area contributed by atoms with Gasteiger partial charge in [0.15, 0.2) is 5.96 Å². The predicted octanol–water partition coefficient (Wildman–Crippen LogP) is 2.63. The van der Waals surface area contributed by atoms with Gasteiger partial charge in [-0.2, -0.15) is 0 Å². The van der Waals surface area contributed by atoms with Crippen molar-refractivity contribution < 1.29 is 9.47 Å². The normalized spacial score (nSPS) is 15.3. The van der Waals surface area contributed by atoms with Crippen LogP contribution in [0.4, 0.5) is 0 Å². The minimum absolute atomic E-state index is 0. The molecule has 5 nitrogen and oxygen atoms in total. The molecule has 1 aromatic carbocycles. The Hall–Kier alpha value is -1.02. The number of nitrogens with two attached hydrogens (primary N) is 1. The molecule has 22 heavy (non-hydrogen) atoms. The van der Waals surface area contributed by atoms with Crippen molar-refractivity contribution in [2.45, 2.75) is 26.3 Å². The minimum Gasteiger partial charge on any atom is -0.494 e. The van der Waals surface area contributed by atoms with Gasteiger partial charge in [0.05, 0.1) is 26.4 Å². The van der Waals surface area contributed by atoms with Crippen molar-refractivity contribution in [3.63, 3.8) is 0 Å². The highest BCUT2D eigenvalue weighted by molar-refractivity contribution is 14.0. The summed E-state index contributed by atoms with van der Waals surface area (Å²) in [7, 11) is 0. The van der Waals surface area contributed by atoms with Crippen LogP contribution in [0.2, 0.25) is 0 Å². The second-order valence-electron chi connectivity index (χ2n) is 5.12. The lowest BCUT2D eigenvalue weighted by molar-refractivity contribution is 0.0674. The third-order valence-electron chi connectivity index (χ3n) is 3.42. The highest BCUT2D eigenvalue weighted by Gasteiger charge is 2.11. The quantitative estimate of drug-likeness (QED) is 0.333. The number of ether oxygens (including phenoxy) is 2. The summed E-state index contributed by atoms with van der Waals surface area (Å²) in [6.07, 6.45) is 2.21. The van der Waals surface area contributed by atoms with Crippen LogP contribution in [0.3, 0.4) is 0 Å². The van der Waals surface area contributed by atoms with Crippen molar-refractivity contribution in [2.75, 3.05) is 32.9 Å². The zero-order valence-corrected chi connectivity index (χ0v) is 15.5. The largest absolute Gasteiger partial charge is 0.494 e. The van der Waals surface area contributed by atoms with Gasteiger partial charge in [0.25, 0.3) is 0 Å². The van der Waals surface area contributed by atoms with Crippen molar-refractivity contribution in [2.24, 2.45) is 10.7 Å². The number of rotatable bonds is 6. The summed E-state index contributed by atoms with van der Waals surface area (Å²) in [5, 5.41) is 0. The van der Waals surface area contributed by atoms with Gasteiger partial charge in [-0.1, -0.05) is 25.5 Å². The van der Waals surface area contributed by atoms with E-state index >= 15 is 0 Å². The first-order valence-electron chi connectivity index (χ1n) is 7.64. The first-order valence-corrected chi connectivity index (χ1v) is 7.64. The van der Waals surface area contributed by atoms with Crippen LogP contribution < -0.4 is 10.5 Å². The Morgan fingerprint density at radius 3 is 2.86 bits per heavy atom. The Morgan fingerprint density at radius 1 is 1.36 bits per heavy atom. The van der Waals surface area contributed by atoms with Crippen LogP contribution in [-0.2, 0) is 11.3 Å². The van der Waals surface area contributed by atoms with E-state index in [0.717, 1.165) is 57.1 Å². The average molecular weight is 419 g/mol. The minimum atomic E-state index is 0. The summed E-state index contributed by atoms with van der Waals surface area (Å²) >= 11 is 0. The molecule has 2 rings (SSSR count). The molecule has 0 aliphatic carbocycles. The molecule has 0 atom stereocenters. The number of halogens is 1. The van der Waals surface area contributed by atoms with Crippen molar-refractivity contribution in [1.29, 1.82) is 0 Å². The van der Waals surface area contributed by atoms with E-state index in [2.05, 4.69) is 16.8 Å². The van der Waals surface area contributed by atoms with E-state index in [0.29, 0.717) is 12.5 Å². The van der Waals surface area contributed by atoms with Gasteiger partial charge >= 0.3 is 0 Å². The zero-order valence-electron chi connectivity index (χ0n) is 13.2. The number of morpholine rings is 1. The SMILES string of the molecule is CCCCOc1cccc(CN=C(N)N2CCOCC2)c1.I. The second-order valence-corrected chi connectivity index (χ2v) is 5.12. The average Bonchev–Trinajstić information content (AvgIpc) is 2.54. The van der Waals surface area contributed by atoms with E-state index < -0.39 is 0 Å². The van der Waals surface area contributed by atoms with E-state index in [1.165, 1.54) is 0 Å². The molecule has 2 N–H and O–H groups in total. The van der Waals surface area contributed by atoms with Crippen LogP contribution >= 0.6 is 24.0 Å². The molecule has 1 heterocycles. The maximum atomic E-state index is 6.02. The van der Waals surface area contributed by atoms with Gasteiger partial charge in [0.2, 0.25) is 0 Å². The van der Waals surface area contributed by atoms with Gasteiger partial charge in [-0.3, -0.25) is 0 Å². The lowest BCUT2D eigenvalue weighted by atomic mass is 10.2. The van der Waals surface area contributed by atoms with Crippen LogP contribution in [0, 0.1) is 0 Å². The maximum absolute atomic E-state index is 6.02. The number of guanidine groups is 1. The van der Waals surface area contributed by atoms with Crippen LogP contribution in [0.15, 0.2) is 29.3 Å². The molecule has 1 aromatic rings. The molecule has 1 aliphatic rings. The van der Waals surface area contributed by atoms with Crippen molar-refractivity contribution in [1.82, 2.24) is 4.90 Å². The Balaban J connectivity index is 0.00000242. The third kappa shape index (κ3) is 6.39. The van der Waals surface area contributed by atoms with Crippen molar-refractivity contribution in [3.05, 3.63) is 29.8 Å². The molecule has 0 saturated carbocycles. The van der Waals surface area contributed by atoms with E-state index in [-0.39, 0.29) is 24.0 Å². The van der Waals surface area contributed by atoms with Gasteiger partial charge in [0, 0.05) is 13.1 Å². The van der Waals surface area contributed by atoms with Gasteiger partial charge in [0.1, 0.15) is 5.75 Å². The standard InChI is InChI=1S/C16H25N3O2.HI/c1-2-3-9-21-15-6-4-5-14(12-15)13-18-16(17)19-7-10-20-11-8-19;/h4-6,12H,2-3,7-11,13H2,1H3,(H2,17,18);1H. The van der Waals surface area contributed by atoms with Gasteiger partial charge in [-0.15, -0.1) is 24.0 Å². The molecule has 6 heteroatoms. The summed E-state index contributed by atoms with van der Waals surface area (Å²) < 4.78 is 11.0. The highest BCUT2D eigenvalue weighted by Crippen LogP contribution is 2.14. The molecule has 0 bridgehead atoms. The van der Waals surface area contributed by atoms with Crippen molar-refractivity contribution in [3.8, 4) is 5.75 Å². The summed E-state index contributed by atoms with van der Waals surface area (Å²) in [5.74, 6) is 1.50. The Morgan fingerprint density at radius 2 is 2.14 bits per heavy atom. The summed E-state index contributed by atoms with van der Waals surface area (Å²) in [6.45, 7) is 6.56. The number of hydrogen-bond donors (Lipinski definition) is 1. The second kappa shape index (κ2) is 10.7. The monoisotopic (exact) mass is 419 g/mol. The summed E-state index contributed by atoms with van der Waals surface area (Å²) in [6, 6.07) is 8.06. The highest BCUT2D eigenvalue weighted by atomic mass is 127. The zero-order chi connectivity index (χ0) is 14.9. The van der Waals surface area contributed by atoms with Gasteiger partial charge in [-0.25, -0.2) is 4.99 Å². The van der Waals surface area contributed by atoms with Gasteiger partial charge < -0.3 is 20.1 Å². The fourth-order valence-electron chi connectivity index (χ4n) is 2.13. The predicted molar refractivity (Wildman–Crippen MR) is 100.0 cm³/mol. The number of unbranched alkanes of at least 4 members (excludes halogenated alkanes) is 1. The Kier molecular flexibility index (Phi) is 9.22. The Bertz CT molecular complexity index is 462. The molecular formula is C16H26IN3O2. The molecule has 0 unspecified atom stereocenters. The summed E-state index contributed by atoms with van der Waals surface area (Å²) in [5.41, 5.74) is 7.13. The molecule has 0 amide bonds. The fraction of sp³-hybridized carbons (Fsp3) is 0.562. The van der Waals surface area contributed by atoms with E-state index in [1.807, 2.05) is 24.3 Å². The first kappa shape index (κ1) is 19.0. The molecular weight excluding hydrogens is 393 g/mol. The van der Waals surface area contributed by atoms with Crippen LogP contribution in [0.25, 0.3) is 0 Å². The first-order chi connectivity index (χ1) is 10.3. The van der Waals surface area contributed by atoms with Crippen LogP contribution in [-0.4, -0.2) is 43.8 Å². The lowest BCUT2D eigenvalue weighted by Crippen LogP contribution is -2.44. The number of benzene rings is 1. The molecule has 1 saturated heterocycles. The number of nitrogens with zero attached hydrogens (tertiary/aromatic N) is 2. The van der Waals surface area contributed by atoms with Gasteiger partial charge in [-0.05, 0) is 24.1 Å². The van der Waals surface area contributed by atoms with E-state index in [9.17, 15) is 0 Å². The van der Waals surface area contributed by atoms with E-state index in [4.69, 9.17) is 15.2 Å². The number of hydrogen-bond acceptors (Lipinski definition) is 3. The molecule has 1 aliphatic heterocycles. The smallest absolute Gasteiger partial charge is 0.191 e. The fourth-order valence-corrected chi connectivity index (χ4v) is 2.13. The molecule has 0 aromatic heterocycles. The van der Waals surface area contributed by atoms with Crippen molar-refractivity contribution >= 4 is 29.9 Å². The lowest BCUT2D eigenvalue weighted by Gasteiger charge is -2.27. The van der Waals surface area contributed by atoms with Crippen LogP contribution in [0.1, 0.15) is 25.3 Å². The molecule has 1 fully saturated rings. The van der Waals surface area contributed by atoms with E-state index in [1.54, 1.807) is 0 Å². The maximum Gasteiger partial charge on any atom is 0.191 e.